The van der Waals surface area contributed by atoms with Crippen LogP contribution in [0.4, 0.5) is 5.69 Å². The van der Waals surface area contributed by atoms with E-state index >= 15 is 0 Å². The molecule has 0 bridgehead atoms. The summed E-state index contributed by atoms with van der Waals surface area (Å²) in [6, 6.07) is 14.3. The SMILES string of the molecule is O=C(/C=C/c1ccccc1Cl)NC(=S)Nc1cccc(Cl)c1. The Morgan fingerprint density at radius 2 is 1.86 bits per heavy atom. The highest BCUT2D eigenvalue weighted by Gasteiger charge is 2.02. The highest BCUT2D eigenvalue weighted by molar-refractivity contribution is 7.80. The van der Waals surface area contributed by atoms with Crippen LogP contribution in [0.2, 0.25) is 10.0 Å². The van der Waals surface area contributed by atoms with E-state index in [9.17, 15) is 4.79 Å². The Balaban J connectivity index is 1.92. The zero-order valence-electron chi connectivity index (χ0n) is 11.3. The molecule has 3 nitrogen and oxygen atoms in total. The van der Waals surface area contributed by atoms with Gasteiger partial charge in [-0.15, -0.1) is 0 Å². The second kappa shape index (κ2) is 7.94. The fourth-order valence-electron chi connectivity index (χ4n) is 1.66. The second-order valence-electron chi connectivity index (χ2n) is 4.31. The van der Waals surface area contributed by atoms with Gasteiger partial charge in [-0.2, -0.15) is 0 Å². The van der Waals surface area contributed by atoms with Crippen LogP contribution in [0, 0.1) is 0 Å². The standard InChI is InChI=1S/C16H12Cl2N2OS/c17-12-5-3-6-13(10-12)19-16(22)20-15(21)9-8-11-4-1-2-7-14(11)18/h1-10H,(H2,19,20,21,22)/b9-8+. The number of benzene rings is 2. The number of amides is 1. The number of nitrogens with one attached hydrogen (secondary N) is 2. The monoisotopic (exact) mass is 350 g/mol. The second-order valence-corrected chi connectivity index (χ2v) is 5.56. The Labute approximate surface area is 143 Å². The summed E-state index contributed by atoms with van der Waals surface area (Å²) in [5, 5.41) is 6.77. The minimum atomic E-state index is -0.348. The van der Waals surface area contributed by atoms with Crippen LogP contribution in [0.3, 0.4) is 0 Å². The van der Waals surface area contributed by atoms with E-state index in [-0.39, 0.29) is 11.0 Å². The molecule has 0 saturated heterocycles. The molecule has 0 aromatic heterocycles. The number of halogens is 2. The summed E-state index contributed by atoms with van der Waals surface area (Å²) in [5.74, 6) is -0.348. The van der Waals surface area contributed by atoms with E-state index in [0.717, 1.165) is 5.56 Å². The van der Waals surface area contributed by atoms with Crippen molar-refractivity contribution < 1.29 is 4.79 Å². The number of thiocarbonyl (C=S) groups is 1. The first-order valence-electron chi connectivity index (χ1n) is 6.35. The van der Waals surface area contributed by atoms with Gasteiger partial charge in [-0.1, -0.05) is 47.5 Å². The fraction of sp³-hybridized carbons (Fsp3) is 0. The summed E-state index contributed by atoms with van der Waals surface area (Å²) < 4.78 is 0. The number of hydrogen-bond donors (Lipinski definition) is 2. The molecule has 0 heterocycles. The van der Waals surface area contributed by atoms with Gasteiger partial charge in [0, 0.05) is 21.8 Å². The molecule has 2 aromatic carbocycles. The summed E-state index contributed by atoms with van der Waals surface area (Å²) in [7, 11) is 0. The first kappa shape index (κ1) is 16.5. The molecule has 0 saturated carbocycles. The summed E-state index contributed by atoms with van der Waals surface area (Å²) in [6.07, 6.45) is 2.99. The van der Waals surface area contributed by atoms with Crippen molar-refractivity contribution in [2.24, 2.45) is 0 Å². The van der Waals surface area contributed by atoms with Gasteiger partial charge >= 0.3 is 0 Å². The largest absolute Gasteiger partial charge is 0.332 e. The number of rotatable bonds is 3. The van der Waals surface area contributed by atoms with Gasteiger partial charge in [0.25, 0.3) is 0 Å². The van der Waals surface area contributed by atoms with Crippen molar-refractivity contribution in [3.05, 3.63) is 70.2 Å². The third kappa shape index (κ3) is 5.15. The van der Waals surface area contributed by atoms with Crippen LogP contribution >= 0.6 is 35.4 Å². The molecule has 2 aromatic rings. The van der Waals surface area contributed by atoms with Gasteiger partial charge < -0.3 is 5.32 Å². The Kier molecular flexibility index (Phi) is 5.95. The molecule has 0 unspecified atom stereocenters. The molecule has 2 N–H and O–H groups in total. The van der Waals surface area contributed by atoms with Crippen LogP contribution < -0.4 is 10.6 Å². The first-order chi connectivity index (χ1) is 10.5. The molecular formula is C16H12Cl2N2OS. The summed E-state index contributed by atoms with van der Waals surface area (Å²) >= 11 is 16.9. The van der Waals surface area contributed by atoms with E-state index in [1.54, 1.807) is 36.4 Å². The normalized spacial score (nSPS) is 10.5. The molecule has 0 aliphatic carbocycles. The van der Waals surface area contributed by atoms with Crippen LogP contribution in [0.1, 0.15) is 5.56 Å². The molecule has 0 spiro atoms. The maximum atomic E-state index is 11.8. The average Bonchev–Trinajstić information content (AvgIpc) is 2.46. The summed E-state index contributed by atoms with van der Waals surface area (Å²) in [4.78, 5) is 11.8. The van der Waals surface area contributed by atoms with Crippen LogP contribution in [-0.4, -0.2) is 11.0 Å². The molecule has 0 atom stereocenters. The van der Waals surface area contributed by atoms with Crippen molar-refractivity contribution in [1.29, 1.82) is 0 Å². The molecule has 1 amide bonds. The first-order valence-corrected chi connectivity index (χ1v) is 7.51. The molecule has 6 heteroatoms. The van der Waals surface area contributed by atoms with E-state index in [1.807, 2.05) is 18.2 Å². The topological polar surface area (TPSA) is 41.1 Å². The van der Waals surface area contributed by atoms with Gasteiger partial charge in [-0.05, 0) is 48.1 Å². The molecule has 22 heavy (non-hydrogen) atoms. The van der Waals surface area contributed by atoms with Gasteiger partial charge in [-0.25, -0.2) is 0 Å². The van der Waals surface area contributed by atoms with E-state index in [1.165, 1.54) is 6.08 Å². The lowest BCUT2D eigenvalue weighted by Gasteiger charge is -2.08. The lowest BCUT2D eigenvalue weighted by atomic mass is 10.2. The Bertz CT molecular complexity index is 732. The van der Waals surface area contributed by atoms with E-state index in [4.69, 9.17) is 35.4 Å². The van der Waals surface area contributed by atoms with E-state index in [0.29, 0.717) is 15.7 Å². The summed E-state index contributed by atoms with van der Waals surface area (Å²) in [6.45, 7) is 0. The van der Waals surface area contributed by atoms with Crippen molar-refractivity contribution >= 4 is 58.2 Å². The predicted octanol–water partition coefficient (Wildman–Crippen LogP) is 4.52. The van der Waals surface area contributed by atoms with Crippen LogP contribution in [0.15, 0.2) is 54.6 Å². The van der Waals surface area contributed by atoms with Gasteiger partial charge in [-0.3, -0.25) is 10.1 Å². The molecule has 112 valence electrons. The quantitative estimate of drug-likeness (QED) is 0.631. The van der Waals surface area contributed by atoms with Crippen LogP contribution in [0.5, 0.6) is 0 Å². The maximum Gasteiger partial charge on any atom is 0.250 e. The van der Waals surface area contributed by atoms with Crippen molar-refractivity contribution in [2.45, 2.75) is 0 Å². The Morgan fingerprint density at radius 3 is 2.59 bits per heavy atom. The third-order valence-electron chi connectivity index (χ3n) is 2.64. The van der Waals surface area contributed by atoms with Crippen molar-refractivity contribution in [2.75, 3.05) is 5.32 Å². The van der Waals surface area contributed by atoms with E-state index < -0.39 is 0 Å². The fourth-order valence-corrected chi connectivity index (χ4v) is 2.27. The smallest absolute Gasteiger partial charge is 0.250 e. The third-order valence-corrected chi connectivity index (χ3v) is 3.42. The van der Waals surface area contributed by atoms with Gasteiger partial charge in [0.05, 0.1) is 0 Å². The zero-order valence-corrected chi connectivity index (χ0v) is 13.7. The summed E-state index contributed by atoms with van der Waals surface area (Å²) in [5.41, 5.74) is 1.46. The Hall–Kier alpha value is -1.88. The highest BCUT2D eigenvalue weighted by Crippen LogP contribution is 2.16. The number of hydrogen-bond acceptors (Lipinski definition) is 2. The van der Waals surface area contributed by atoms with E-state index in [2.05, 4.69) is 10.6 Å². The number of carbonyl (C=O) groups is 1. The molecule has 0 fully saturated rings. The molecule has 0 aliphatic rings. The van der Waals surface area contributed by atoms with Crippen LogP contribution in [0.25, 0.3) is 6.08 Å². The number of anilines is 1. The average molecular weight is 351 g/mol. The molecular weight excluding hydrogens is 339 g/mol. The highest BCUT2D eigenvalue weighted by atomic mass is 35.5. The lowest BCUT2D eigenvalue weighted by molar-refractivity contribution is -0.115. The zero-order chi connectivity index (χ0) is 15.9. The molecule has 0 aliphatic heterocycles. The predicted molar refractivity (Wildman–Crippen MR) is 96.3 cm³/mol. The van der Waals surface area contributed by atoms with Gasteiger partial charge in [0.1, 0.15) is 0 Å². The van der Waals surface area contributed by atoms with Gasteiger partial charge in [0.2, 0.25) is 5.91 Å². The Morgan fingerprint density at radius 1 is 1.09 bits per heavy atom. The van der Waals surface area contributed by atoms with Crippen molar-refractivity contribution in [1.82, 2.24) is 5.32 Å². The number of carbonyl (C=O) groups excluding carboxylic acids is 1. The molecule has 2 rings (SSSR count). The minimum absolute atomic E-state index is 0.191. The van der Waals surface area contributed by atoms with Crippen molar-refractivity contribution in [3.8, 4) is 0 Å². The maximum absolute atomic E-state index is 11.8. The van der Waals surface area contributed by atoms with Gasteiger partial charge in [0.15, 0.2) is 5.11 Å². The van der Waals surface area contributed by atoms with Crippen molar-refractivity contribution in [3.63, 3.8) is 0 Å². The van der Waals surface area contributed by atoms with Crippen LogP contribution in [-0.2, 0) is 4.79 Å². The minimum Gasteiger partial charge on any atom is -0.332 e. The molecule has 0 radical (unpaired) electrons. The lowest BCUT2D eigenvalue weighted by Crippen LogP contribution is -2.32.